The van der Waals surface area contributed by atoms with Gasteiger partial charge >= 0.3 is 0 Å². The third-order valence-corrected chi connectivity index (χ3v) is 5.45. The Bertz CT molecular complexity index is 1150. The highest BCUT2D eigenvalue weighted by molar-refractivity contribution is 7.18. The Labute approximate surface area is 138 Å². The average molecular weight is 310 g/mol. The van der Waals surface area contributed by atoms with E-state index in [1.54, 1.807) is 0 Å². The molecule has 0 saturated carbocycles. The third kappa shape index (κ3) is 1.97. The van der Waals surface area contributed by atoms with E-state index in [9.17, 15) is 0 Å². The summed E-state index contributed by atoms with van der Waals surface area (Å²) in [4.78, 5) is 0. The van der Waals surface area contributed by atoms with Gasteiger partial charge in [0.2, 0.25) is 0 Å². The van der Waals surface area contributed by atoms with Crippen LogP contribution in [0, 0.1) is 0 Å². The molecule has 0 bridgehead atoms. The smallest absolute Gasteiger partial charge is 0.0427 e. The van der Waals surface area contributed by atoms with E-state index in [2.05, 4.69) is 84.2 Å². The first-order chi connectivity index (χ1) is 11.4. The second-order valence-corrected chi connectivity index (χ2v) is 6.79. The Morgan fingerprint density at radius 3 is 2.13 bits per heavy atom. The lowest BCUT2D eigenvalue weighted by Crippen LogP contribution is -1.82. The highest BCUT2D eigenvalue weighted by Gasteiger charge is 2.10. The van der Waals surface area contributed by atoms with Crippen molar-refractivity contribution in [1.82, 2.24) is 0 Å². The number of rotatable bonds is 1. The summed E-state index contributed by atoms with van der Waals surface area (Å²) in [6.07, 6.45) is 0. The van der Waals surface area contributed by atoms with Crippen molar-refractivity contribution >= 4 is 43.0 Å². The van der Waals surface area contributed by atoms with Crippen molar-refractivity contribution in [3.8, 4) is 11.1 Å². The lowest BCUT2D eigenvalue weighted by Gasteiger charge is -2.09. The Hall–Kier alpha value is -2.64. The summed E-state index contributed by atoms with van der Waals surface area (Å²) >= 11 is 1.83. The number of fused-ring (bicyclic) bond motifs is 4. The summed E-state index contributed by atoms with van der Waals surface area (Å²) in [5.74, 6) is 0. The van der Waals surface area contributed by atoms with E-state index in [4.69, 9.17) is 0 Å². The molecule has 0 aliphatic heterocycles. The molecule has 5 aromatic rings. The molecule has 5 rings (SSSR count). The van der Waals surface area contributed by atoms with Crippen molar-refractivity contribution in [3.05, 3.63) is 84.2 Å². The quantitative estimate of drug-likeness (QED) is 0.296. The molecule has 0 aliphatic carbocycles. The standard InChI is InChI=1S/C22H14S/c1-2-6-15(7-3-1)21-14-18-12-16-8-4-5-9-17(16)13-20(18)19-10-11-23-22(19)21/h1-14H. The van der Waals surface area contributed by atoms with E-state index < -0.39 is 0 Å². The van der Waals surface area contributed by atoms with Crippen molar-refractivity contribution < 1.29 is 0 Å². The molecule has 0 saturated heterocycles. The fraction of sp³-hybridized carbons (Fsp3) is 0. The van der Waals surface area contributed by atoms with E-state index in [0.29, 0.717) is 0 Å². The molecular formula is C22H14S. The topological polar surface area (TPSA) is 0 Å². The molecule has 4 aromatic carbocycles. The van der Waals surface area contributed by atoms with Crippen LogP contribution in [0.5, 0.6) is 0 Å². The molecule has 0 spiro atoms. The molecule has 0 atom stereocenters. The molecule has 1 aromatic heterocycles. The molecule has 0 aliphatic rings. The first-order valence-corrected chi connectivity index (χ1v) is 8.66. The first kappa shape index (κ1) is 12.9. The molecule has 23 heavy (non-hydrogen) atoms. The van der Waals surface area contributed by atoms with Crippen molar-refractivity contribution in [3.63, 3.8) is 0 Å². The van der Waals surface area contributed by atoms with Crippen molar-refractivity contribution in [1.29, 1.82) is 0 Å². The zero-order valence-corrected chi connectivity index (χ0v) is 13.3. The summed E-state index contributed by atoms with van der Waals surface area (Å²) in [7, 11) is 0. The Balaban J connectivity index is 1.95. The van der Waals surface area contributed by atoms with Crippen molar-refractivity contribution in [2.45, 2.75) is 0 Å². The monoisotopic (exact) mass is 310 g/mol. The van der Waals surface area contributed by atoms with Crippen LogP contribution in [0.4, 0.5) is 0 Å². The lowest BCUT2D eigenvalue weighted by molar-refractivity contribution is 1.68. The van der Waals surface area contributed by atoms with Gasteiger partial charge in [0.05, 0.1) is 0 Å². The number of hydrogen-bond donors (Lipinski definition) is 0. The number of hydrogen-bond acceptors (Lipinski definition) is 1. The fourth-order valence-electron chi connectivity index (χ4n) is 3.39. The second-order valence-electron chi connectivity index (χ2n) is 5.87. The SMILES string of the molecule is c1ccc(-c2cc3cc4ccccc4cc3c3ccsc23)cc1. The summed E-state index contributed by atoms with van der Waals surface area (Å²) in [6.45, 7) is 0. The van der Waals surface area contributed by atoms with E-state index in [1.807, 2.05) is 11.3 Å². The maximum atomic E-state index is 2.34. The summed E-state index contributed by atoms with van der Waals surface area (Å²) < 4.78 is 1.37. The minimum Gasteiger partial charge on any atom is -0.143 e. The molecule has 1 heteroatoms. The van der Waals surface area contributed by atoms with Crippen LogP contribution in [0.1, 0.15) is 0 Å². The van der Waals surface area contributed by atoms with Crippen LogP contribution >= 0.6 is 11.3 Å². The number of thiophene rings is 1. The molecule has 0 radical (unpaired) electrons. The second kappa shape index (κ2) is 4.94. The van der Waals surface area contributed by atoms with E-state index >= 15 is 0 Å². The van der Waals surface area contributed by atoms with Gasteiger partial charge in [-0.1, -0.05) is 54.6 Å². The molecule has 0 fully saturated rings. The van der Waals surface area contributed by atoms with Gasteiger partial charge in [0, 0.05) is 15.6 Å². The van der Waals surface area contributed by atoms with Gasteiger partial charge in [-0.2, -0.15) is 0 Å². The largest absolute Gasteiger partial charge is 0.143 e. The van der Waals surface area contributed by atoms with Gasteiger partial charge < -0.3 is 0 Å². The summed E-state index contributed by atoms with van der Waals surface area (Å²) in [6, 6.07) is 28.5. The Morgan fingerprint density at radius 1 is 0.565 bits per heavy atom. The Kier molecular flexibility index (Phi) is 2.76. The minimum atomic E-state index is 1.29. The molecular weight excluding hydrogens is 296 g/mol. The highest BCUT2D eigenvalue weighted by atomic mass is 32.1. The van der Waals surface area contributed by atoms with Crippen LogP contribution in [0.15, 0.2) is 84.2 Å². The van der Waals surface area contributed by atoms with E-state index in [-0.39, 0.29) is 0 Å². The average Bonchev–Trinajstić information content (AvgIpc) is 3.10. The van der Waals surface area contributed by atoms with Gasteiger partial charge in [0.25, 0.3) is 0 Å². The highest BCUT2D eigenvalue weighted by Crippen LogP contribution is 2.39. The van der Waals surface area contributed by atoms with Crippen molar-refractivity contribution in [2.24, 2.45) is 0 Å². The predicted molar refractivity (Wildman–Crippen MR) is 102 cm³/mol. The van der Waals surface area contributed by atoms with Gasteiger partial charge in [-0.25, -0.2) is 0 Å². The van der Waals surface area contributed by atoms with Gasteiger partial charge in [-0.05, 0) is 56.8 Å². The minimum absolute atomic E-state index is 1.29. The predicted octanol–water partition coefficient (Wildman–Crippen LogP) is 6.87. The zero-order valence-electron chi connectivity index (χ0n) is 12.5. The third-order valence-electron chi connectivity index (χ3n) is 4.50. The van der Waals surface area contributed by atoms with Crippen LogP contribution < -0.4 is 0 Å². The van der Waals surface area contributed by atoms with E-state index in [0.717, 1.165) is 0 Å². The molecule has 0 N–H and O–H groups in total. The van der Waals surface area contributed by atoms with Crippen molar-refractivity contribution in [2.75, 3.05) is 0 Å². The summed E-state index contributed by atoms with van der Waals surface area (Å²) in [5.41, 5.74) is 2.62. The fourth-order valence-corrected chi connectivity index (χ4v) is 4.34. The molecule has 1 heterocycles. The molecule has 0 unspecified atom stereocenters. The van der Waals surface area contributed by atoms with Gasteiger partial charge in [-0.3, -0.25) is 0 Å². The van der Waals surface area contributed by atoms with Crippen LogP contribution in [0.2, 0.25) is 0 Å². The van der Waals surface area contributed by atoms with E-state index in [1.165, 1.54) is 42.8 Å². The zero-order chi connectivity index (χ0) is 15.2. The van der Waals surface area contributed by atoms with Gasteiger partial charge in [-0.15, -0.1) is 11.3 Å². The molecule has 0 nitrogen and oxygen atoms in total. The van der Waals surface area contributed by atoms with Crippen LogP contribution in [0.25, 0.3) is 42.8 Å². The first-order valence-electron chi connectivity index (χ1n) is 7.78. The maximum absolute atomic E-state index is 2.34. The van der Waals surface area contributed by atoms with Crippen LogP contribution in [-0.2, 0) is 0 Å². The van der Waals surface area contributed by atoms with Gasteiger partial charge in [0.1, 0.15) is 0 Å². The Morgan fingerprint density at radius 2 is 1.30 bits per heavy atom. The summed E-state index contributed by atoms with van der Waals surface area (Å²) in [5, 5.41) is 8.82. The lowest BCUT2D eigenvalue weighted by atomic mass is 9.96. The number of benzene rings is 4. The normalized spacial score (nSPS) is 11.5. The van der Waals surface area contributed by atoms with Crippen LogP contribution in [-0.4, -0.2) is 0 Å². The maximum Gasteiger partial charge on any atom is 0.0427 e. The van der Waals surface area contributed by atoms with Gasteiger partial charge in [0.15, 0.2) is 0 Å². The molecule has 0 amide bonds. The van der Waals surface area contributed by atoms with Crippen LogP contribution in [0.3, 0.4) is 0 Å². The molecule has 108 valence electrons.